The van der Waals surface area contributed by atoms with Crippen LogP contribution >= 0.6 is 0 Å². The summed E-state index contributed by atoms with van der Waals surface area (Å²) in [7, 11) is 4.45. The van der Waals surface area contributed by atoms with Gasteiger partial charge in [0.1, 0.15) is 24.7 Å². The first-order valence-electron chi connectivity index (χ1n) is 16.9. The van der Waals surface area contributed by atoms with E-state index in [2.05, 4.69) is 156 Å². The van der Waals surface area contributed by atoms with Crippen LogP contribution in [0.4, 0.5) is 0 Å². The van der Waals surface area contributed by atoms with Gasteiger partial charge in [-0.3, -0.25) is 0 Å². The number of fused-ring (bicyclic) bond motifs is 8. The Balaban J connectivity index is 1.43. The van der Waals surface area contributed by atoms with E-state index in [1.165, 1.54) is 55.4 Å². The van der Waals surface area contributed by atoms with Gasteiger partial charge >= 0.3 is 0 Å². The van der Waals surface area contributed by atoms with Gasteiger partial charge in [0.15, 0.2) is 0 Å². The summed E-state index contributed by atoms with van der Waals surface area (Å²) in [4.78, 5) is 0. The first-order valence-corrected chi connectivity index (χ1v) is 16.9. The van der Waals surface area contributed by atoms with Crippen molar-refractivity contribution in [2.24, 2.45) is 14.1 Å². The molecular weight excluding hydrogens is 613 g/mol. The van der Waals surface area contributed by atoms with Crippen LogP contribution in [0, 0.1) is 24.7 Å². The molecule has 0 N–H and O–H groups in total. The quantitative estimate of drug-likeness (QED) is 0.168. The number of ether oxygens (including phenoxy) is 2. The van der Waals surface area contributed by atoms with Gasteiger partial charge in [-0.1, -0.05) is 109 Å². The van der Waals surface area contributed by atoms with Gasteiger partial charge in [0.2, 0.25) is 0 Å². The van der Waals surface area contributed by atoms with Crippen molar-refractivity contribution in [2.75, 3.05) is 13.2 Å². The van der Waals surface area contributed by atoms with Crippen LogP contribution in [0.2, 0.25) is 0 Å². The summed E-state index contributed by atoms with van der Waals surface area (Å²) < 4.78 is 17.0. The van der Waals surface area contributed by atoms with Crippen molar-refractivity contribution in [1.82, 2.24) is 9.13 Å². The van der Waals surface area contributed by atoms with E-state index < -0.39 is 0 Å². The molecular formula is C46H34N2O2. The van der Waals surface area contributed by atoms with Crippen LogP contribution in [0.25, 0.3) is 43.4 Å². The number of benzene rings is 6. The van der Waals surface area contributed by atoms with Crippen LogP contribution in [0.1, 0.15) is 45.5 Å². The van der Waals surface area contributed by atoms with E-state index in [4.69, 9.17) is 22.3 Å². The number of aryl methyl sites for hydroxylation is 2. The number of aromatic nitrogens is 2. The minimum atomic E-state index is -0.0594. The maximum absolute atomic E-state index is 6.08. The van der Waals surface area contributed by atoms with Crippen LogP contribution in [-0.4, -0.2) is 22.3 Å². The number of hydrogen-bond donors (Lipinski definition) is 0. The molecule has 0 aliphatic heterocycles. The van der Waals surface area contributed by atoms with Gasteiger partial charge in [0.05, 0.1) is 11.8 Å². The zero-order valence-corrected chi connectivity index (χ0v) is 28.0. The van der Waals surface area contributed by atoms with Crippen molar-refractivity contribution in [2.45, 2.75) is 11.8 Å². The van der Waals surface area contributed by atoms with Crippen LogP contribution in [-0.2, 0) is 14.1 Å². The molecule has 0 bridgehead atoms. The van der Waals surface area contributed by atoms with Crippen molar-refractivity contribution in [1.29, 1.82) is 0 Å². The van der Waals surface area contributed by atoms with Crippen LogP contribution in [0.5, 0.6) is 11.5 Å². The Morgan fingerprint density at radius 1 is 0.480 bits per heavy atom. The first-order chi connectivity index (χ1) is 24.6. The number of terminal acetylenes is 2. The van der Waals surface area contributed by atoms with Crippen molar-refractivity contribution in [3.63, 3.8) is 0 Å². The lowest BCUT2D eigenvalue weighted by Crippen LogP contribution is -2.23. The summed E-state index contributed by atoms with van der Waals surface area (Å²) in [5.74, 6) is 6.74. The second kappa shape index (κ2) is 11.7. The maximum Gasteiger partial charge on any atom is 0.148 e. The van der Waals surface area contributed by atoms with Gasteiger partial charge < -0.3 is 18.6 Å². The molecule has 0 radical (unpaired) electrons. The second-order valence-corrected chi connectivity index (χ2v) is 13.0. The number of nitrogens with zero attached hydrogens (tertiary/aromatic N) is 2. The van der Waals surface area contributed by atoms with E-state index in [1.54, 1.807) is 0 Å². The Morgan fingerprint density at radius 3 is 1.24 bits per heavy atom. The second-order valence-electron chi connectivity index (χ2n) is 13.0. The van der Waals surface area contributed by atoms with Gasteiger partial charge in [-0.25, -0.2) is 0 Å². The van der Waals surface area contributed by atoms with Crippen LogP contribution in [0.15, 0.2) is 121 Å². The minimum Gasteiger partial charge on any atom is -0.480 e. The largest absolute Gasteiger partial charge is 0.480 e. The number of hydrogen-bond acceptors (Lipinski definition) is 2. The van der Waals surface area contributed by atoms with Gasteiger partial charge in [-0.2, -0.15) is 0 Å². The highest BCUT2D eigenvalue weighted by Crippen LogP contribution is 2.56. The van der Waals surface area contributed by atoms with Crippen molar-refractivity contribution < 1.29 is 9.47 Å². The molecule has 4 nitrogen and oxygen atoms in total. The average molecular weight is 647 g/mol. The zero-order valence-electron chi connectivity index (χ0n) is 28.0. The monoisotopic (exact) mass is 646 g/mol. The minimum absolute atomic E-state index is 0.0594. The smallest absolute Gasteiger partial charge is 0.148 e. The molecule has 2 aromatic heterocycles. The van der Waals surface area contributed by atoms with Crippen LogP contribution < -0.4 is 9.47 Å². The number of rotatable bonds is 6. The highest BCUT2D eigenvalue weighted by molar-refractivity contribution is 5.99. The van der Waals surface area contributed by atoms with Gasteiger partial charge in [-0.05, 0) is 57.3 Å². The third kappa shape index (κ3) is 4.22. The number of para-hydroxylation sites is 2. The molecule has 50 heavy (non-hydrogen) atoms. The summed E-state index contributed by atoms with van der Waals surface area (Å²) in [6, 6.07) is 43.4. The topological polar surface area (TPSA) is 28.3 Å². The molecule has 0 spiro atoms. The van der Waals surface area contributed by atoms with Gasteiger partial charge in [-0.15, -0.1) is 12.8 Å². The Kier molecular flexibility index (Phi) is 6.94. The third-order valence-electron chi connectivity index (χ3n) is 10.6. The molecule has 8 aromatic rings. The Morgan fingerprint density at radius 2 is 0.840 bits per heavy atom. The van der Waals surface area contributed by atoms with E-state index >= 15 is 0 Å². The molecule has 0 saturated heterocycles. The van der Waals surface area contributed by atoms with E-state index in [1.807, 2.05) is 0 Å². The lowest BCUT2D eigenvalue weighted by atomic mass is 9.71. The fourth-order valence-corrected chi connectivity index (χ4v) is 8.65. The summed E-state index contributed by atoms with van der Waals surface area (Å²) in [5.41, 5.74) is 10.1. The predicted molar refractivity (Wildman–Crippen MR) is 204 cm³/mol. The van der Waals surface area contributed by atoms with Crippen LogP contribution in [0.3, 0.4) is 0 Å². The fourth-order valence-electron chi connectivity index (χ4n) is 8.65. The van der Waals surface area contributed by atoms with Crippen molar-refractivity contribution >= 4 is 43.4 Å². The van der Waals surface area contributed by atoms with Gasteiger partial charge in [0.25, 0.3) is 0 Å². The zero-order chi connectivity index (χ0) is 33.9. The molecule has 6 aromatic carbocycles. The lowest BCUT2D eigenvalue weighted by molar-refractivity contribution is 0.374. The Hall–Kier alpha value is -6.36. The average Bonchev–Trinajstić information content (AvgIpc) is 3.63. The van der Waals surface area contributed by atoms with E-state index in [-0.39, 0.29) is 25.0 Å². The Labute approximate surface area is 291 Å². The first kappa shape index (κ1) is 29.8. The molecule has 0 amide bonds. The standard InChI is InChI=1S/C46H34N2O2/c1-5-27-49-39-25-23-33(29-15-7-9-17-31(29)39)41-43-35-19-11-13-21-37(35)48(4)46(43)42(44-36-20-12-14-22-38(36)47(3)45(41)44)34-24-26-40(50-28-6-2)32-18-10-8-16-30(32)34/h1-2,7-26,41-42H,27-28H2,3-4H3. The molecule has 2 atom stereocenters. The van der Waals surface area contributed by atoms with E-state index in [0.29, 0.717) is 0 Å². The summed E-state index contributed by atoms with van der Waals surface area (Å²) in [6.07, 6.45) is 11.2. The highest BCUT2D eigenvalue weighted by Gasteiger charge is 2.42. The summed E-state index contributed by atoms with van der Waals surface area (Å²) in [6.45, 7) is 0.436. The SMILES string of the molecule is C#CCOc1ccc(C2c3c(n(C)c4ccccc34)C(c3ccc(OCC#C)c4ccccc34)c3c2n(C)c2ccccc32)c2ccccc12. The van der Waals surface area contributed by atoms with Gasteiger partial charge in [0, 0.05) is 58.1 Å². The molecule has 2 heterocycles. The molecule has 2 unspecified atom stereocenters. The fraction of sp³-hybridized carbons (Fsp3) is 0.130. The molecule has 0 fully saturated rings. The Bertz CT molecular complexity index is 2540. The normalized spacial score (nSPS) is 15.1. The molecule has 0 saturated carbocycles. The summed E-state index contributed by atoms with van der Waals surface area (Å²) in [5, 5.41) is 6.93. The molecule has 9 rings (SSSR count). The maximum atomic E-state index is 6.08. The van der Waals surface area contributed by atoms with Crippen molar-refractivity contribution in [3.05, 3.63) is 155 Å². The van der Waals surface area contributed by atoms with Crippen molar-refractivity contribution in [3.8, 4) is 36.2 Å². The summed E-state index contributed by atoms with van der Waals surface area (Å²) >= 11 is 0. The molecule has 1 aliphatic carbocycles. The van der Waals surface area contributed by atoms with E-state index in [0.717, 1.165) is 33.0 Å². The third-order valence-corrected chi connectivity index (χ3v) is 10.6. The molecule has 1 aliphatic rings. The lowest BCUT2D eigenvalue weighted by Gasteiger charge is -2.34. The molecule has 240 valence electrons. The predicted octanol–water partition coefficient (Wildman–Crippen LogP) is 9.67. The van der Waals surface area contributed by atoms with E-state index in [9.17, 15) is 0 Å². The molecule has 4 heteroatoms. The highest BCUT2D eigenvalue weighted by atomic mass is 16.5.